The van der Waals surface area contributed by atoms with E-state index in [1.165, 1.54) is 0 Å². The molecule has 0 fully saturated rings. The lowest BCUT2D eigenvalue weighted by atomic mass is 9.80. The number of allylic oxidation sites excluding steroid dienone is 2. The zero-order chi connectivity index (χ0) is 43.3. The summed E-state index contributed by atoms with van der Waals surface area (Å²) < 4.78 is 26.5. The molecule has 0 saturated carbocycles. The van der Waals surface area contributed by atoms with Gasteiger partial charge in [-0.25, -0.2) is 0 Å². The SMILES string of the molecule is C#CCN(c1ccccc1)c1cccc(OC2=CC=CC(Oc3cc4c(cc3Oc3cccc(Oc5cccc(N(C)c6ccccc6)c5)c3C#N)C(C)(C)CC4)C2(C)C#N)c1. The monoisotopic (exact) mass is 814 g/mol. The highest BCUT2D eigenvalue weighted by Gasteiger charge is 2.43. The summed E-state index contributed by atoms with van der Waals surface area (Å²) in [4.78, 5) is 4.09. The van der Waals surface area contributed by atoms with Gasteiger partial charge < -0.3 is 28.7 Å². The second-order valence-corrected chi connectivity index (χ2v) is 16.2. The molecule has 8 heteroatoms. The molecule has 0 radical (unpaired) electrons. The number of para-hydroxylation sites is 2. The van der Waals surface area contributed by atoms with E-state index in [0.717, 1.165) is 46.7 Å². The second kappa shape index (κ2) is 17.4. The lowest BCUT2D eigenvalue weighted by Gasteiger charge is -2.34. The molecule has 0 aromatic heterocycles. The molecule has 0 amide bonds. The van der Waals surface area contributed by atoms with Crippen molar-refractivity contribution < 1.29 is 18.9 Å². The van der Waals surface area contributed by atoms with Crippen LogP contribution in [-0.4, -0.2) is 19.7 Å². The van der Waals surface area contributed by atoms with Crippen LogP contribution in [0.15, 0.2) is 164 Å². The van der Waals surface area contributed by atoms with Crippen molar-refractivity contribution in [1.29, 1.82) is 10.5 Å². The van der Waals surface area contributed by atoms with Gasteiger partial charge in [-0.3, -0.25) is 0 Å². The molecule has 2 atom stereocenters. The minimum atomic E-state index is -1.24. The smallest absolute Gasteiger partial charge is 0.169 e. The molecule has 6 aromatic carbocycles. The van der Waals surface area contributed by atoms with E-state index >= 15 is 0 Å². The summed E-state index contributed by atoms with van der Waals surface area (Å²) in [6.07, 6.45) is 12.3. The van der Waals surface area contributed by atoms with Gasteiger partial charge in [-0.15, -0.1) is 6.42 Å². The molecule has 8 nitrogen and oxygen atoms in total. The maximum Gasteiger partial charge on any atom is 0.169 e. The highest BCUT2D eigenvalue weighted by molar-refractivity contribution is 5.67. The Morgan fingerprint density at radius 2 is 1.31 bits per heavy atom. The van der Waals surface area contributed by atoms with Crippen LogP contribution in [0, 0.1) is 40.4 Å². The summed E-state index contributed by atoms with van der Waals surface area (Å²) in [7, 11) is 2.00. The van der Waals surface area contributed by atoms with Gasteiger partial charge in [0, 0.05) is 41.9 Å². The zero-order valence-electron chi connectivity index (χ0n) is 35.2. The van der Waals surface area contributed by atoms with Crippen molar-refractivity contribution in [2.75, 3.05) is 23.4 Å². The van der Waals surface area contributed by atoms with E-state index in [2.05, 4.69) is 36.8 Å². The lowest BCUT2D eigenvalue weighted by Crippen LogP contribution is -2.39. The van der Waals surface area contributed by atoms with Gasteiger partial charge in [0.25, 0.3) is 0 Å². The lowest BCUT2D eigenvalue weighted by molar-refractivity contribution is 0.128. The van der Waals surface area contributed by atoms with Crippen LogP contribution < -0.4 is 28.7 Å². The Morgan fingerprint density at radius 1 is 0.677 bits per heavy atom. The first-order chi connectivity index (χ1) is 30.1. The molecule has 306 valence electrons. The fourth-order valence-corrected chi connectivity index (χ4v) is 7.96. The number of hydrogen-bond donors (Lipinski definition) is 0. The van der Waals surface area contributed by atoms with Gasteiger partial charge in [-0.1, -0.05) is 80.4 Å². The summed E-state index contributed by atoms with van der Waals surface area (Å²) >= 11 is 0. The number of nitriles is 2. The highest BCUT2D eigenvalue weighted by atomic mass is 16.5. The van der Waals surface area contributed by atoms with Crippen molar-refractivity contribution in [3.63, 3.8) is 0 Å². The Hall–Kier alpha value is -7.86. The Bertz CT molecular complexity index is 2790. The van der Waals surface area contributed by atoms with Crippen LogP contribution in [0.1, 0.15) is 43.9 Å². The number of aryl methyl sites for hydroxylation is 1. The molecule has 0 bridgehead atoms. The maximum atomic E-state index is 10.9. The summed E-state index contributed by atoms with van der Waals surface area (Å²) in [5.41, 5.74) is 4.93. The first kappa shape index (κ1) is 40.9. The largest absolute Gasteiger partial charge is 0.480 e. The Balaban J connectivity index is 1.08. The van der Waals surface area contributed by atoms with Crippen molar-refractivity contribution in [2.45, 2.75) is 45.1 Å². The molecule has 6 aromatic rings. The molecule has 8 rings (SSSR count). The van der Waals surface area contributed by atoms with Crippen LogP contribution in [0.3, 0.4) is 0 Å². The van der Waals surface area contributed by atoms with Gasteiger partial charge in [-0.2, -0.15) is 10.5 Å². The first-order valence-electron chi connectivity index (χ1n) is 20.6. The standard InChI is InChI=1S/C54H46N4O4/c1-6-31-58(40-19-11-8-12-20-40)42-22-14-24-44(34-42)60-51-27-16-28-52(54(51,4)37-56)62-49-32-38-29-30-53(2,3)46(38)35-50(49)61-48-26-15-25-47(45(48)36-55)59-43-23-13-21-41(33-43)57(5)39-17-9-7-10-18-39/h1,7-28,32-35,52H,29-31H2,2-5H3. The number of nitrogens with zero attached hydrogens (tertiary/aromatic N) is 4. The number of hydrogen-bond acceptors (Lipinski definition) is 8. The van der Waals surface area contributed by atoms with Gasteiger partial charge >= 0.3 is 0 Å². The molecule has 2 aliphatic carbocycles. The zero-order valence-corrected chi connectivity index (χ0v) is 35.2. The van der Waals surface area contributed by atoms with E-state index in [1.807, 2.05) is 152 Å². The number of rotatable bonds is 13. The predicted molar refractivity (Wildman–Crippen MR) is 245 cm³/mol. The molecule has 0 N–H and O–H groups in total. The Morgan fingerprint density at radius 3 is 2.00 bits per heavy atom. The van der Waals surface area contributed by atoms with Crippen molar-refractivity contribution in [3.8, 4) is 59.0 Å². The number of terminal acetylenes is 1. The molecular formula is C54H46N4O4. The average molecular weight is 815 g/mol. The van der Waals surface area contributed by atoms with Gasteiger partial charge in [0.1, 0.15) is 46.5 Å². The third kappa shape index (κ3) is 8.30. The van der Waals surface area contributed by atoms with Crippen molar-refractivity contribution in [3.05, 3.63) is 180 Å². The number of ether oxygens (including phenoxy) is 4. The van der Waals surface area contributed by atoms with E-state index in [-0.39, 0.29) is 11.0 Å². The molecular weight excluding hydrogens is 769 g/mol. The van der Waals surface area contributed by atoms with E-state index in [0.29, 0.717) is 46.8 Å². The third-order valence-electron chi connectivity index (χ3n) is 11.6. The molecule has 2 aliphatic rings. The quantitative estimate of drug-likeness (QED) is 0.106. The molecule has 0 aliphatic heterocycles. The fourth-order valence-electron chi connectivity index (χ4n) is 7.96. The Labute approximate surface area is 364 Å². The summed E-state index contributed by atoms with van der Waals surface area (Å²) in [6.45, 7) is 6.60. The molecule has 0 heterocycles. The van der Waals surface area contributed by atoms with E-state index in [9.17, 15) is 10.5 Å². The van der Waals surface area contributed by atoms with Crippen LogP contribution in [0.5, 0.6) is 34.5 Å². The summed E-state index contributed by atoms with van der Waals surface area (Å²) in [5.74, 6) is 5.83. The van der Waals surface area contributed by atoms with Gasteiger partial charge in [-0.05, 0) is 121 Å². The fraction of sp³-hybridized carbons (Fsp3) is 0.185. The molecule has 2 unspecified atom stereocenters. The van der Waals surface area contributed by atoms with Crippen molar-refractivity contribution in [2.24, 2.45) is 5.41 Å². The van der Waals surface area contributed by atoms with Crippen LogP contribution in [-0.2, 0) is 11.8 Å². The highest BCUT2D eigenvalue weighted by Crippen LogP contribution is 2.48. The van der Waals surface area contributed by atoms with Gasteiger partial charge in [0.15, 0.2) is 16.9 Å². The van der Waals surface area contributed by atoms with E-state index in [4.69, 9.17) is 25.4 Å². The summed E-state index contributed by atoms with van der Waals surface area (Å²) in [6, 6.07) is 49.5. The van der Waals surface area contributed by atoms with Crippen molar-refractivity contribution >= 4 is 22.7 Å². The van der Waals surface area contributed by atoms with E-state index in [1.54, 1.807) is 24.3 Å². The van der Waals surface area contributed by atoms with Crippen molar-refractivity contribution in [1.82, 2.24) is 0 Å². The number of fused-ring (bicyclic) bond motifs is 1. The van der Waals surface area contributed by atoms with Crippen LogP contribution in [0.4, 0.5) is 22.7 Å². The topological polar surface area (TPSA) is 91.0 Å². The van der Waals surface area contributed by atoms with Crippen LogP contribution >= 0.6 is 0 Å². The minimum Gasteiger partial charge on any atom is -0.480 e. The summed E-state index contributed by atoms with van der Waals surface area (Å²) in [5, 5.41) is 21.4. The van der Waals surface area contributed by atoms with Crippen LogP contribution in [0.25, 0.3) is 0 Å². The molecule has 0 spiro atoms. The number of benzene rings is 6. The van der Waals surface area contributed by atoms with Gasteiger partial charge in [0.2, 0.25) is 0 Å². The third-order valence-corrected chi connectivity index (χ3v) is 11.6. The predicted octanol–water partition coefficient (Wildman–Crippen LogP) is 12.7. The molecule has 62 heavy (non-hydrogen) atoms. The second-order valence-electron chi connectivity index (χ2n) is 16.2. The van der Waals surface area contributed by atoms with E-state index < -0.39 is 11.5 Å². The Kier molecular flexibility index (Phi) is 11.5. The number of anilines is 4. The molecule has 0 saturated heterocycles. The maximum absolute atomic E-state index is 10.9. The van der Waals surface area contributed by atoms with Gasteiger partial charge in [0.05, 0.1) is 12.6 Å². The first-order valence-corrected chi connectivity index (χ1v) is 20.6. The normalized spacial score (nSPS) is 17.0. The van der Waals surface area contributed by atoms with Crippen LogP contribution in [0.2, 0.25) is 0 Å². The average Bonchev–Trinajstić information content (AvgIpc) is 3.59. The minimum absolute atomic E-state index is 0.104.